The van der Waals surface area contributed by atoms with Crippen LogP contribution in [-0.4, -0.2) is 18.4 Å². The molecule has 0 aliphatic rings. The van der Waals surface area contributed by atoms with Crippen LogP contribution in [-0.2, 0) is 6.42 Å². The first-order chi connectivity index (χ1) is 13.1. The molecular formula is C23H22N2O2. The van der Waals surface area contributed by atoms with Crippen molar-refractivity contribution in [2.24, 2.45) is 0 Å². The summed E-state index contributed by atoms with van der Waals surface area (Å²) in [5, 5.41) is 5.78. The molecule has 0 aliphatic carbocycles. The van der Waals surface area contributed by atoms with Crippen LogP contribution < -0.4 is 10.6 Å². The van der Waals surface area contributed by atoms with E-state index in [2.05, 4.69) is 10.6 Å². The molecule has 0 aliphatic heterocycles. The molecule has 0 bridgehead atoms. The van der Waals surface area contributed by atoms with Crippen molar-refractivity contribution >= 4 is 17.5 Å². The van der Waals surface area contributed by atoms with E-state index in [0.717, 1.165) is 12.0 Å². The van der Waals surface area contributed by atoms with Gasteiger partial charge >= 0.3 is 0 Å². The maximum atomic E-state index is 12.6. The van der Waals surface area contributed by atoms with Crippen LogP contribution in [0.1, 0.15) is 31.8 Å². The molecule has 0 unspecified atom stereocenters. The van der Waals surface area contributed by atoms with Gasteiger partial charge in [-0.05, 0) is 42.7 Å². The number of carbonyl (C=O) groups excluding carboxylic acids is 2. The highest BCUT2D eigenvalue weighted by Gasteiger charge is 2.14. The monoisotopic (exact) mass is 358 g/mol. The summed E-state index contributed by atoms with van der Waals surface area (Å²) in [6.07, 6.45) is 0.754. The largest absolute Gasteiger partial charge is 0.352 e. The second-order valence-electron chi connectivity index (χ2n) is 6.31. The second kappa shape index (κ2) is 8.81. The zero-order valence-electron chi connectivity index (χ0n) is 15.2. The van der Waals surface area contributed by atoms with Crippen LogP contribution in [0.4, 0.5) is 5.69 Å². The van der Waals surface area contributed by atoms with Crippen LogP contribution in [0.3, 0.4) is 0 Å². The molecule has 0 fully saturated rings. The molecule has 0 saturated carbocycles. The van der Waals surface area contributed by atoms with Gasteiger partial charge in [-0.2, -0.15) is 0 Å². The first kappa shape index (κ1) is 18.4. The number of anilines is 1. The highest BCUT2D eigenvalue weighted by atomic mass is 16.2. The zero-order valence-corrected chi connectivity index (χ0v) is 15.2. The normalized spacial score (nSPS) is 10.3. The van der Waals surface area contributed by atoms with E-state index in [4.69, 9.17) is 0 Å². The van der Waals surface area contributed by atoms with Gasteiger partial charge in [0.2, 0.25) is 0 Å². The van der Waals surface area contributed by atoms with E-state index in [-0.39, 0.29) is 11.8 Å². The third-order valence-electron chi connectivity index (χ3n) is 4.35. The Morgan fingerprint density at radius 3 is 2.11 bits per heavy atom. The lowest BCUT2D eigenvalue weighted by atomic mass is 10.1. The Labute approximate surface area is 159 Å². The minimum Gasteiger partial charge on any atom is -0.352 e. The van der Waals surface area contributed by atoms with Gasteiger partial charge in [-0.3, -0.25) is 9.59 Å². The van der Waals surface area contributed by atoms with Crippen molar-refractivity contribution in [2.75, 3.05) is 11.9 Å². The minimum atomic E-state index is -0.224. The molecule has 4 heteroatoms. The molecule has 0 atom stereocenters. The van der Waals surface area contributed by atoms with Crippen molar-refractivity contribution in [3.63, 3.8) is 0 Å². The maximum Gasteiger partial charge on any atom is 0.255 e. The predicted octanol–water partition coefficient (Wildman–Crippen LogP) is 4.22. The van der Waals surface area contributed by atoms with Gasteiger partial charge < -0.3 is 10.6 Å². The topological polar surface area (TPSA) is 58.2 Å². The maximum absolute atomic E-state index is 12.6. The van der Waals surface area contributed by atoms with Gasteiger partial charge in [0, 0.05) is 12.1 Å². The van der Waals surface area contributed by atoms with Crippen LogP contribution in [0.2, 0.25) is 0 Å². The molecule has 0 aromatic heterocycles. The summed E-state index contributed by atoms with van der Waals surface area (Å²) < 4.78 is 0. The minimum absolute atomic E-state index is 0.202. The fraction of sp³-hybridized carbons (Fsp3) is 0.130. The van der Waals surface area contributed by atoms with E-state index < -0.39 is 0 Å². The van der Waals surface area contributed by atoms with E-state index in [9.17, 15) is 9.59 Å². The fourth-order valence-electron chi connectivity index (χ4n) is 2.87. The summed E-state index contributed by atoms with van der Waals surface area (Å²) >= 11 is 0. The Morgan fingerprint density at radius 2 is 1.37 bits per heavy atom. The van der Waals surface area contributed by atoms with Crippen molar-refractivity contribution in [3.8, 4) is 0 Å². The predicted molar refractivity (Wildman–Crippen MR) is 108 cm³/mol. The highest BCUT2D eigenvalue weighted by molar-refractivity contribution is 6.09. The number of hydrogen-bond acceptors (Lipinski definition) is 2. The van der Waals surface area contributed by atoms with Gasteiger partial charge in [0.15, 0.2) is 0 Å². The molecule has 0 radical (unpaired) electrons. The molecule has 0 spiro atoms. The van der Waals surface area contributed by atoms with Gasteiger partial charge in [0.05, 0.1) is 11.3 Å². The lowest BCUT2D eigenvalue weighted by molar-refractivity contribution is 0.0955. The Kier molecular flexibility index (Phi) is 6.00. The fourth-order valence-corrected chi connectivity index (χ4v) is 2.87. The zero-order chi connectivity index (χ0) is 19.1. The first-order valence-corrected chi connectivity index (χ1v) is 8.93. The van der Waals surface area contributed by atoms with E-state index >= 15 is 0 Å². The number of para-hydroxylation sites is 1. The van der Waals surface area contributed by atoms with Crippen molar-refractivity contribution in [2.45, 2.75) is 13.3 Å². The Balaban J connectivity index is 1.67. The van der Waals surface area contributed by atoms with Crippen LogP contribution >= 0.6 is 0 Å². The average molecular weight is 358 g/mol. The van der Waals surface area contributed by atoms with E-state index in [0.29, 0.717) is 23.4 Å². The van der Waals surface area contributed by atoms with Crippen LogP contribution in [0, 0.1) is 6.92 Å². The molecule has 3 aromatic rings. The molecule has 136 valence electrons. The van der Waals surface area contributed by atoms with Crippen LogP contribution in [0.25, 0.3) is 0 Å². The summed E-state index contributed by atoms with van der Waals surface area (Å²) in [4.78, 5) is 25.1. The number of carbonyl (C=O) groups is 2. The smallest absolute Gasteiger partial charge is 0.255 e. The molecular weight excluding hydrogens is 336 g/mol. The van der Waals surface area contributed by atoms with Gasteiger partial charge in [-0.1, -0.05) is 60.7 Å². The summed E-state index contributed by atoms with van der Waals surface area (Å²) in [5.74, 6) is -0.427. The standard InChI is InChI=1S/C23H22N2O2/c1-17-9-5-6-12-19(17)23(27)25-21-14-8-7-13-20(21)22(26)24-16-15-18-10-3-2-4-11-18/h2-14H,15-16H2,1H3,(H,24,26)(H,25,27). The second-order valence-corrected chi connectivity index (χ2v) is 6.31. The molecule has 0 saturated heterocycles. The molecule has 3 rings (SSSR count). The Hall–Kier alpha value is -3.40. The summed E-state index contributed by atoms with van der Waals surface area (Å²) in [6, 6.07) is 24.4. The first-order valence-electron chi connectivity index (χ1n) is 8.93. The Bertz CT molecular complexity index is 936. The number of benzene rings is 3. The van der Waals surface area contributed by atoms with Crippen molar-refractivity contribution in [1.29, 1.82) is 0 Å². The number of aryl methyl sites for hydroxylation is 1. The SMILES string of the molecule is Cc1ccccc1C(=O)Nc1ccccc1C(=O)NCCc1ccccc1. The van der Waals surface area contributed by atoms with Crippen molar-refractivity contribution in [1.82, 2.24) is 5.32 Å². The molecule has 2 N–H and O–H groups in total. The third kappa shape index (κ3) is 4.82. The molecule has 4 nitrogen and oxygen atoms in total. The number of hydrogen-bond donors (Lipinski definition) is 2. The quantitative estimate of drug-likeness (QED) is 0.693. The number of nitrogens with one attached hydrogen (secondary N) is 2. The lowest BCUT2D eigenvalue weighted by Crippen LogP contribution is -2.27. The summed E-state index contributed by atoms with van der Waals surface area (Å²) in [7, 11) is 0. The van der Waals surface area contributed by atoms with E-state index in [1.165, 1.54) is 5.56 Å². The molecule has 2 amide bonds. The van der Waals surface area contributed by atoms with Crippen LogP contribution in [0.15, 0.2) is 78.9 Å². The van der Waals surface area contributed by atoms with Gasteiger partial charge in [0.1, 0.15) is 0 Å². The van der Waals surface area contributed by atoms with E-state index in [1.54, 1.807) is 30.3 Å². The summed E-state index contributed by atoms with van der Waals surface area (Å²) in [5.41, 5.74) is 3.60. The Morgan fingerprint density at radius 1 is 0.741 bits per heavy atom. The highest BCUT2D eigenvalue weighted by Crippen LogP contribution is 2.17. The number of amides is 2. The molecule has 27 heavy (non-hydrogen) atoms. The van der Waals surface area contributed by atoms with Crippen LogP contribution in [0.5, 0.6) is 0 Å². The van der Waals surface area contributed by atoms with Crippen molar-refractivity contribution in [3.05, 3.63) is 101 Å². The van der Waals surface area contributed by atoms with E-state index in [1.807, 2.05) is 55.5 Å². The average Bonchev–Trinajstić information content (AvgIpc) is 2.69. The van der Waals surface area contributed by atoms with Crippen molar-refractivity contribution < 1.29 is 9.59 Å². The van der Waals surface area contributed by atoms with Gasteiger partial charge in [0.25, 0.3) is 11.8 Å². The molecule has 0 heterocycles. The molecule has 3 aromatic carbocycles. The van der Waals surface area contributed by atoms with Gasteiger partial charge in [-0.15, -0.1) is 0 Å². The number of rotatable bonds is 6. The lowest BCUT2D eigenvalue weighted by Gasteiger charge is -2.12. The van der Waals surface area contributed by atoms with Gasteiger partial charge in [-0.25, -0.2) is 0 Å². The summed E-state index contributed by atoms with van der Waals surface area (Å²) in [6.45, 7) is 2.42. The third-order valence-corrected chi connectivity index (χ3v) is 4.35.